The summed E-state index contributed by atoms with van der Waals surface area (Å²) in [6, 6.07) is 22.1. The number of nitrogens with one attached hydrogen (secondary N) is 2. The van der Waals surface area contributed by atoms with Crippen molar-refractivity contribution in [3.63, 3.8) is 0 Å². The Morgan fingerprint density at radius 1 is 1.07 bits per heavy atom. The van der Waals surface area contributed by atoms with Crippen LogP contribution < -0.4 is 16.4 Å². The van der Waals surface area contributed by atoms with Crippen LogP contribution in [0.15, 0.2) is 72.9 Å². The molecule has 0 radical (unpaired) electrons. The van der Waals surface area contributed by atoms with Crippen molar-refractivity contribution >= 4 is 17.4 Å². The van der Waals surface area contributed by atoms with Gasteiger partial charge in [-0.25, -0.2) is 4.98 Å². The molecule has 0 saturated carbocycles. The molecule has 0 aliphatic carbocycles. The van der Waals surface area contributed by atoms with Gasteiger partial charge in [0.2, 0.25) is 0 Å². The zero-order valence-electron chi connectivity index (χ0n) is 16.9. The highest BCUT2D eigenvalue weighted by Crippen LogP contribution is 2.30. The molecule has 4 rings (SSSR count). The van der Waals surface area contributed by atoms with Gasteiger partial charge in [-0.2, -0.15) is 0 Å². The first-order valence-electron chi connectivity index (χ1n) is 10.0. The van der Waals surface area contributed by atoms with Crippen molar-refractivity contribution in [2.45, 2.75) is 13.5 Å². The van der Waals surface area contributed by atoms with E-state index in [2.05, 4.69) is 47.9 Å². The van der Waals surface area contributed by atoms with Gasteiger partial charge in [0.25, 0.3) is 5.91 Å². The molecule has 0 atom stereocenters. The second-order valence-electron chi connectivity index (χ2n) is 7.21. The van der Waals surface area contributed by atoms with Crippen molar-refractivity contribution in [1.82, 2.24) is 14.7 Å². The first-order chi connectivity index (χ1) is 14.7. The molecule has 0 bridgehead atoms. The quantitative estimate of drug-likeness (QED) is 0.443. The van der Waals surface area contributed by atoms with Gasteiger partial charge in [-0.05, 0) is 30.7 Å². The third-order valence-electron chi connectivity index (χ3n) is 4.91. The van der Waals surface area contributed by atoms with Crippen LogP contribution in [0.4, 0.5) is 5.82 Å². The van der Waals surface area contributed by atoms with Crippen molar-refractivity contribution in [1.29, 1.82) is 0 Å². The van der Waals surface area contributed by atoms with E-state index in [1.165, 1.54) is 11.1 Å². The van der Waals surface area contributed by atoms with E-state index in [9.17, 15) is 4.79 Å². The topological polar surface area (TPSA) is 84.5 Å². The number of carbonyl (C=O) groups is 1. The minimum absolute atomic E-state index is 0.151. The molecule has 1 amide bonds. The number of fused-ring (bicyclic) bond motifs is 1. The fraction of sp³-hybridized carbons (Fsp3) is 0.167. The highest BCUT2D eigenvalue weighted by molar-refractivity contribution is 5.95. The molecule has 0 aliphatic rings. The van der Waals surface area contributed by atoms with Crippen molar-refractivity contribution in [3.8, 4) is 11.3 Å². The second kappa shape index (κ2) is 8.80. The van der Waals surface area contributed by atoms with E-state index < -0.39 is 0 Å². The molecule has 6 heteroatoms. The van der Waals surface area contributed by atoms with E-state index >= 15 is 0 Å². The maximum atomic E-state index is 12.3. The number of nitrogens with zero attached hydrogens (tertiary/aromatic N) is 2. The highest BCUT2D eigenvalue weighted by atomic mass is 16.1. The van der Waals surface area contributed by atoms with Crippen molar-refractivity contribution in [2.75, 3.05) is 18.4 Å². The van der Waals surface area contributed by atoms with Crippen molar-refractivity contribution in [2.24, 2.45) is 5.73 Å². The molecule has 2 aromatic carbocycles. The number of aromatic nitrogens is 2. The van der Waals surface area contributed by atoms with Gasteiger partial charge in [-0.15, -0.1) is 0 Å². The summed E-state index contributed by atoms with van der Waals surface area (Å²) in [5.74, 6) is 0.746. The predicted molar refractivity (Wildman–Crippen MR) is 121 cm³/mol. The zero-order chi connectivity index (χ0) is 20.9. The summed E-state index contributed by atoms with van der Waals surface area (Å²) in [7, 11) is 0. The number of carbonyl (C=O) groups excluding carboxylic acids is 1. The van der Waals surface area contributed by atoms with Gasteiger partial charge in [0.15, 0.2) is 0 Å². The van der Waals surface area contributed by atoms with Crippen LogP contribution in [-0.4, -0.2) is 28.4 Å². The van der Waals surface area contributed by atoms with Crippen LogP contribution in [0.3, 0.4) is 0 Å². The van der Waals surface area contributed by atoms with E-state index in [0.29, 0.717) is 30.8 Å². The summed E-state index contributed by atoms with van der Waals surface area (Å²) in [4.78, 5) is 17.2. The Hall–Kier alpha value is -3.64. The van der Waals surface area contributed by atoms with Crippen molar-refractivity contribution in [3.05, 3.63) is 89.6 Å². The summed E-state index contributed by atoms with van der Waals surface area (Å²) in [6.45, 7) is 3.59. The maximum absolute atomic E-state index is 12.3. The highest BCUT2D eigenvalue weighted by Gasteiger charge is 2.16. The fourth-order valence-corrected chi connectivity index (χ4v) is 3.42. The number of nitrogens with two attached hydrogens (primary N) is 1. The Labute approximate surface area is 175 Å². The van der Waals surface area contributed by atoms with Gasteiger partial charge < -0.3 is 16.4 Å². The lowest BCUT2D eigenvalue weighted by atomic mass is 10.1. The minimum atomic E-state index is -0.151. The third kappa shape index (κ3) is 4.18. The SMILES string of the molecule is Cc1cccc(-c2nc3cc(C(=O)NCCN)ccn3c2NCc2ccccc2)c1. The third-order valence-corrected chi connectivity index (χ3v) is 4.91. The molecule has 30 heavy (non-hydrogen) atoms. The van der Waals surface area contributed by atoms with Crippen LogP contribution in [0, 0.1) is 6.92 Å². The standard InChI is InChI=1S/C24H25N5O/c1-17-6-5-9-19(14-17)22-23(27-16-18-7-3-2-4-8-18)29-13-10-20(15-21(29)28-22)24(30)26-12-11-25/h2-10,13-15,27H,11-12,16,25H2,1H3,(H,26,30). The van der Waals surface area contributed by atoms with Crippen LogP contribution in [0.25, 0.3) is 16.9 Å². The second-order valence-corrected chi connectivity index (χ2v) is 7.21. The molecular formula is C24H25N5O. The van der Waals surface area contributed by atoms with Gasteiger partial charge in [0.05, 0.1) is 0 Å². The summed E-state index contributed by atoms with van der Waals surface area (Å²) < 4.78 is 1.99. The Balaban J connectivity index is 1.75. The van der Waals surface area contributed by atoms with E-state index in [1.54, 1.807) is 12.1 Å². The Kier molecular flexibility index (Phi) is 5.77. The molecule has 4 aromatic rings. The average molecular weight is 399 g/mol. The number of hydrogen-bond acceptors (Lipinski definition) is 4. The maximum Gasteiger partial charge on any atom is 0.251 e. The number of benzene rings is 2. The van der Waals surface area contributed by atoms with Gasteiger partial charge in [0.1, 0.15) is 17.2 Å². The Morgan fingerprint density at radius 3 is 2.67 bits per heavy atom. The molecule has 2 heterocycles. The van der Waals surface area contributed by atoms with Crippen LogP contribution in [0.1, 0.15) is 21.5 Å². The molecular weight excluding hydrogens is 374 g/mol. The smallest absolute Gasteiger partial charge is 0.251 e. The number of rotatable bonds is 7. The summed E-state index contributed by atoms with van der Waals surface area (Å²) in [5.41, 5.74) is 11.0. The molecule has 0 aliphatic heterocycles. The average Bonchev–Trinajstić information content (AvgIpc) is 3.14. The van der Waals surface area contributed by atoms with E-state index in [0.717, 1.165) is 17.1 Å². The van der Waals surface area contributed by atoms with E-state index in [1.807, 2.05) is 34.9 Å². The molecule has 152 valence electrons. The lowest BCUT2D eigenvalue weighted by Crippen LogP contribution is -2.29. The first kappa shape index (κ1) is 19.7. The first-order valence-corrected chi connectivity index (χ1v) is 10.0. The molecule has 0 spiro atoms. The number of aryl methyl sites for hydroxylation is 1. The molecule has 0 unspecified atom stereocenters. The van der Waals surface area contributed by atoms with Gasteiger partial charge in [-0.3, -0.25) is 9.20 Å². The largest absolute Gasteiger partial charge is 0.365 e. The molecule has 2 aromatic heterocycles. The summed E-state index contributed by atoms with van der Waals surface area (Å²) >= 11 is 0. The summed E-state index contributed by atoms with van der Waals surface area (Å²) in [6.07, 6.45) is 1.88. The lowest BCUT2D eigenvalue weighted by Gasteiger charge is -2.10. The number of amides is 1. The zero-order valence-corrected chi connectivity index (χ0v) is 16.9. The molecule has 0 saturated heterocycles. The van der Waals surface area contributed by atoms with Gasteiger partial charge >= 0.3 is 0 Å². The van der Waals surface area contributed by atoms with E-state index in [-0.39, 0.29) is 5.91 Å². The van der Waals surface area contributed by atoms with Crippen LogP contribution in [0.5, 0.6) is 0 Å². The number of imidazole rings is 1. The number of pyridine rings is 1. The van der Waals surface area contributed by atoms with Crippen LogP contribution in [-0.2, 0) is 6.54 Å². The monoisotopic (exact) mass is 399 g/mol. The van der Waals surface area contributed by atoms with E-state index in [4.69, 9.17) is 10.7 Å². The van der Waals surface area contributed by atoms with Crippen molar-refractivity contribution < 1.29 is 4.79 Å². The lowest BCUT2D eigenvalue weighted by molar-refractivity contribution is 0.0954. The minimum Gasteiger partial charge on any atom is -0.365 e. The number of hydrogen-bond donors (Lipinski definition) is 3. The molecule has 0 fully saturated rings. The van der Waals surface area contributed by atoms with Crippen LogP contribution >= 0.6 is 0 Å². The summed E-state index contributed by atoms with van der Waals surface area (Å²) in [5, 5.41) is 6.34. The Morgan fingerprint density at radius 2 is 1.90 bits per heavy atom. The molecule has 4 N–H and O–H groups in total. The van der Waals surface area contributed by atoms with Crippen LogP contribution in [0.2, 0.25) is 0 Å². The fourth-order valence-electron chi connectivity index (χ4n) is 3.42. The molecule has 6 nitrogen and oxygen atoms in total. The van der Waals surface area contributed by atoms with Gasteiger partial charge in [0, 0.05) is 37.0 Å². The number of anilines is 1. The Bertz CT molecular complexity index is 1170. The van der Waals surface area contributed by atoms with Gasteiger partial charge in [-0.1, -0.05) is 54.1 Å². The predicted octanol–water partition coefficient (Wildman–Crippen LogP) is 3.61. The normalized spacial score (nSPS) is 10.9.